The van der Waals surface area contributed by atoms with E-state index in [0.29, 0.717) is 38.7 Å². The first-order valence-corrected chi connectivity index (χ1v) is 9.34. The molecule has 0 spiro atoms. The van der Waals surface area contributed by atoms with Crippen LogP contribution in [-0.2, 0) is 22.7 Å². The summed E-state index contributed by atoms with van der Waals surface area (Å²) in [7, 11) is 0. The number of hydrogen-bond donors (Lipinski definition) is 0. The third-order valence-electron chi connectivity index (χ3n) is 3.91. The Hall–Kier alpha value is -2.06. The zero-order valence-electron chi connectivity index (χ0n) is 14.3. The number of para-hydroxylation sites is 1. The van der Waals surface area contributed by atoms with Gasteiger partial charge < -0.3 is 18.9 Å². The van der Waals surface area contributed by atoms with Crippen LogP contribution in [0.25, 0.3) is 0 Å². The molecule has 0 radical (unpaired) electrons. The van der Waals surface area contributed by atoms with Gasteiger partial charge in [-0.1, -0.05) is 30.0 Å². The van der Waals surface area contributed by atoms with Crippen LogP contribution in [0, 0.1) is 0 Å². The van der Waals surface area contributed by atoms with E-state index in [0.717, 1.165) is 23.3 Å². The maximum Gasteiger partial charge on any atom is 0.233 e. The van der Waals surface area contributed by atoms with E-state index >= 15 is 0 Å². The first-order valence-electron chi connectivity index (χ1n) is 8.36. The van der Waals surface area contributed by atoms with Crippen molar-refractivity contribution in [3.63, 3.8) is 0 Å². The summed E-state index contributed by atoms with van der Waals surface area (Å²) < 4.78 is 13.0. The summed E-state index contributed by atoms with van der Waals surface area (Å²) in [5, 5.41) is 9.18. The molecule has 2 aromatic rings. The maximum absolute atomic E-state index is 12.3. The van der Waals surface area contributed by atoms with Gasteiger partial charge in [-0.3, -0.25) is 4.79 Å². The van der Waals surface area contributed by atoms with Gasteiger partial charge >= 0.3 is 0 Å². The second-order valence-electron chi connectivity index (χ2n) is 5.53. The van der Waals surface area contributed by atoms with E-state index in [1.807, 2.05) is 46.7 Å². The largest absolute Gasteiger partial charge is 0.486 e. The third kappa shape index (κ3) is 4.73. The van der Waals surface area contributed by atoms with Crippen molar-refractivity contribution in [2.24, 2.45) is 0 Å². The molecule has 7 nitrogen and oxygen atoms in total. The predicted molar refractivity (Wildman–Crippen MR) is 94.6 cm³/mol. The molecule has 1 aliphatic rings. The summed E-state index contributed by atoms with van der Waals surface area (Å²) in [4.78, 5) is 14.1. The van der Waals surface area contributed by atoms with E-state index in [2.05, 4.69) is 10.2 Å². The van der Waals surface area contributed by atoms with Crippen LogP contribution >= 0.6 is 11.8 Å². The fraction of sp³-hybridized carbons (Fsp3) is 0.471. The number of ether oxygens (including phenoxy) is 2. The van der Waals surface area contributed by atoms with Crippen molar-refractivity contribution in [2.45, 2.75) is 25.2 Å². The topological polar surface area (TPSA) is 69.5 Å². The number of carbonyl (C=O) groups is 1. The zero-order chi connectivity index (χ0) is 17.5. The number of thioether (sulfide) groups is 1. The lowest BCUT2D eigenvalue weighted by molar-refractivity contribution is -0.132. The smallest absolute Gasteiger partial charge is 0.233 e. The van der Waals surface area contributed by atoms with E-state index in [-0.39, 0.29) is 5.91 Å². The Labute approximate surface area is 151 Å². The Kier molecular flexibility index (Phi) is 6.30. The highest BCUT2D eigenvalue weighted by atomic mass is 32.2. The van der Waals surface area contributed by atoms with Gasteiger partial charge in [0.05, 0.1) is 19.0 Å². The van der Waals surface area contributed by atoms with Crippen LogP contribution in [0.3, 0.4) is 0 Å². The molecule has 3 rings (SSSR count). The van der Waals surface area contributed by atoms with Gasteiger partial charge in [0, 0.05) is 19.6 Å². The third-order valence-corrected chi connectivity index (χ3v) is 4.86. The number of aromatic nitrogens is 3. The summed E-state index contributed by atoms with van der Waals surface area (Å²) in [5.74, 6) is 2.02. The predicted octanol–water partition coefficient (Wildman–Crippen LogP) is 1.83. The van der Waals surface area contributed by atoms with Gasteiger partial charge in [0.1, 0.15) is 12.4 Å². The van der Waals surface area contributed by atoms with Crippen molar-refractivity contribution in [3.8, 4) is 5.75 Å². The highest BCUT2D eigenvalue weighted by Gasteiger charge is 2.19. The van der Waals surface area contributed by atoms with Gasteiger partial charge in [0.15, 0.2) is 11.0 Å². The number of rotatable bonds is 7. The molecule has 1 aromatic carbocycles. The molecule has 1 aliphatic heterocycles. The number of amides is 1. The Morgan fingerprint density at radius 2 is 2.00 bits per heavy atom. The normalized spacial score (nSPS) is 14.5. The summed E-state index contributed by atoms with van der Waals surface area (Å²) in [6, 6.07) is 9.62. The highest BCUT2D eigenvalue weighted by Crippen LogP contribution is 2.19. The molecule has 1 aromatic heterocycles. The van der Waals surface area contributed by atoms with E-state index in [9.17, 15) is 4.79 Å². The molecular weight excluding hydrogens is 340 g/mol. The fourth-order valence-electron chi connectivity index (χ4n) is 2.55. The minimum absolute atomic E-state index is 0.112. The maximum atomic E-state index is 12.3. The fourth-order valence-corrected chi connectivity index (χ4v) is 3.47. The van der Waals surface area contributed by atoms with Crippen LogP contribution in [0.5, 0.6) is 5.75 Å². The average Bonchev–Trinajstić information content (AvgIpc) is 3.07. The van der Waals surface area contributed by atoms with Crippen LogP contribution in [0.2, 0.25) is 0 Å². The molecule has 0 unspecified atom stereocenters. The molecule has 8 heteroatoms. The minimum Gasteiger partial charge on any atom is -0.486 e. The summed E-state index contributed by atoms with van der Waals surface area (Å²) >= 11 is 1.42. The quantitative estimate of drug-likeness (QED) is 0.700. The number of carbonyl (C=O) groups excluding carboxylic acids is 1. The molecule has 1 amide bonds. The summed E-state index contributed by atoms with van der Waals surface area (Å²) in [5.41, 5.74) is 0. The minimum atomic E-state index is 0.112. The SMILES string of the molecule is CCn1c(COc2ccccc2)nnc1SCC(=O)N1CCOCC1. The number of hydrogen-bond acceptors (Lipinski definition) is 6. The molecule has 1 saturated heterocycles. The van der Waals surface area contributed by atoms with Crippen LogP contribution in [-0.4, -0.2) is 57.6 Å². The number of nitrogens with zero attached hydrogens (tertiary/aromatic N) is 4. The molecular formula is C17H22N4O3S. The highest BCUT2D eigenvalue weighted by molar-refractivity contribution is 7.99. The zero-order valence-corrected chi connectivity index (χ0v) is 15.1. The standard InChI is InChI=1S/C17H22N4O3S/c1-2-21-15(12-24-14-6-4-3-5-7-14)18-19-17(21)25-13-16(22)20-8-10-23-11-9-20/h3-7H,2,8-13H2,1H3. The van der Waals surface area contributed by atoms with Gasteiger partial charge in [-0.05, 0) is 19.1 Å². The van der Waals surface area contributed by atoms with Gasteiger partial charge in [0.2, 0.25) is 5.91 Å². The molecule has 1 fully saturated rings. The number of morpholine rings is 1. The van der Waals surface area contributed by atoms with Crippen LogP contribution in [0.4, 0.5) is 0 Å². The van der Waals surface area contributed by atoms with Crippen molar-refractivity contribution >= 4 is 17.7 Å². The first kappa shape index (κ1) is 17.8. The van der Waals surface area contributed by atoms with Gasteiger partial charge in [-0.15, -0.1) is 10.2 Å². The lowest BCUT2D eigenvalue weighted by Crippen LogP contribution is -2.41. The van der Waals surface area contributed by atoms with Crippen molar-refractivity contribution in [1.82, 2.24) is 19.7 Å². The summed E-state index contributed by atoms with van der Waals surface area (Å²) in [6.07, 6.45) is 0. The lowest BCUT2D eigenvalue weighted by atomic mass is 10.3. The van der Waals surface area contributed by atoms with Crippen LogP contribution in [0.15, 0.2) is 35.5 Å². The Bertz CT molecular complexity index is 686. The summed E-state index contributed by atoms with van der Waals surface area (Å²) in [6.45, 7) is 5.66. The average molecular weight is 362 g/mol. The van der Waals surface area contributed by atoms with Crippen molar-refractivity contribution < 1.29 is 14.3 Å². The molecule has 0 N–H and O–H groups in total. The Morgan fingerprint density at radius 1 is 1.24 bits per heavy atom. The van der Waals surface area contributed by atoms with Crippen molar-refractivity contribution in [3.05, 3.63) is 36.2 Å². The van der Waals surface area contributed by atoms with Crippen molar-refractivity contribution in [1.29, 1.82) is 0 Å². The van der Waals surface area contributed by atoms with E-state index < -0.39 is 0 Å². The van der Waals surface area contributed by atoms with Gasteiger partial charge in [-0.25, -0.2) is 0 Å². The Balaban J connectivity index is 1.56. The molecule has 0 saturated carbocycles. The second-order valence-corrected chi connectivity index (χ2v) is 6.47. The molecule has 0 atom stereocenters. The van der Waals surface area contributed by atoms with E-state index in [4.69, 9.17) is 9.47 Å². The Morgan fingerprint density at radius 3 is 2.72 bits per heavy atom. The van der Waals surface area contributed by atoms with E-state index in [1.54, 1.807) is 0 Å². The van der Waals surface area contributed by atoms with Crippen LogP contribution < -0.4 is 4.74 Å². The van der Waals surface area contributed by atoms with Crippen LogP contribution in [0.1, 0.15) is 12.7 Å². The molecule has 0 aliphatic carbocycles. The molecule has 0 bridgehead atoms. The van der Waals surface area contributed by atoms with Gasteiger partial charge in [0.25, 0.3) is 0 Å². The first-order chi connectivity index (χ1) is 12.3. The van der Waals surface area contributed by atoms with Crippen molar-refractivity contribution in [2.75, 3.05) is 32.1 Å². The molecule has 2 heterocycles. The molecule has 134 valence electrons. The molecule has 25 heavy (non-hydrogen) atoms. The number of benzene rings is 1. The second kappa shape index (κ2) is 8.87. The van der Waals surface area contributed by atoms with E-state index in [1.165, 1.54) is 11.8 Å². The lowest BCUT2D eigenvalue weighted by Gasteiger charge is -2.26. The van der Waals surface area contributed by atoms with Gasteiger partial charge in [-0.2, -0.15) is 0 Å². The monoisotopic (exact) mass is 362 g/mol.